The summed E-state index contributed by atoms with van der Waals surface area (Å²) in [6.07, 6.45) is 0.615. The highest BCUT2D eigenvalue weighted by atomic mass is 32.2. The Hall–Kier alpha value is -3.17. The minimum absolute atomic E-state index is 0.0603. The molecule has 0 radical (unpaired) electrons. The maximum absolute atomic E-state index is 14.1. The maximum atomic E-state index is 14.1. The van der Waals surface area contributed by atoms with Crippen molar-refractivity contribution >= 4 is 16.1 Å². The Morgan fingerprint density at radius 2 is 1.88 bits per heavy atom. The van der Waals surface area contributed by atoms with Crippen LogP contribution in [0.25, 0.3) is 0 Å². The Balaban J connectivity index is 1.93. The van der Waals surface area contributed by atoms with Crippen LogP contribution in [0, 0.1) is 16.7 Å². The summed E-state index contributed by atoms with van der Waals surface area (Å²) in [6.45, 7) is 4.62. The molecular weight excluding hydrogens is 558 g/mol. The second kappa shape index (κ2) is 15.9. The van der Waals surface area contributed by atoms with Crippen molar-refractivity contribution < 1.29 is 32.5 Å². The van der Waals surface area contributed by atoms with Gasteiger partial charge in [0.2, 0.25) is 10.0 Å². The lowest BCUT2D eigenvalue weighted by atomic mass is 9.78. The zero-order valence-electron chi connectivity index (χ0n) is 24.7. The molecule has 0 aliphatic carbocycles. The minimum atomic E-state index is -4.08. The molecular formula is C31H43N3O7S. The van der Waals surface area contributed by atoms with E-state index >= 15 is 0 Å². The summed E-state index contributed by atoms with van der Waals surface area (Å²) < 4.78 is 45.4. The van der Waals surface area contributed by atoms with Gasteiger partial charge in [-0.1, -0.05) is 44.2 Å². The largest absolute Gasteiger partial charge is 0.497 e. The van der Waals surface area contributed by atoms with Crippen LogP contribution in [0.1, 0.15) is 51.5 Å². The number of amides is 1. The van der Waals surface area contributed by atoms with Crippen molar-refractivity contribution in [2.75, 3.05) is 33.4 Å². The Bertz CT molecular complexity index is 1260. The van der Waals surface area contributed by atoms with Gasteiger partial charge in [0.15, 0.2) is 0 Å². The van der Waals surface area contributed by atoms with Crippen molar-refractivity contribution in [3.05, 3.63) is 60.2 Å². The number of benzene rings is 2. The number of aliphatic hydroxyl groups is 1. The molecule has 1 fully saturated rings. The first-order valence-corrected chi connectivity index (χ1v) is 15.9. The summed E-state index contributed by atoms with van der Waals surface area (Å²) in [6, 6.07) is 16.8. The van der Waals surface area contributed by atoms with Crippen molar-refractivity contribution in [1.82, 2.24) is 9.62 Å². The first-order chi connectivity index (χ1) is 20.2. The van der Waals surface area contributed by atoms with E-state index in [1.54, 1.807) is 12.1 Å². The number of ether oxygens (including phenoxy) is 3. The number of nitrogens with one attached hydrogen (secondary N) is 1. The number of nitrogens with zero attached hydrogens (tertiary/aromatic N) is 2. The number of carbonyl (C=O) groups is 1. The van der Waals surface area contributed by atoms with Gasteiger partial charge < -0.3 is 24.6 Å². The molecule has 42 heavy (non-hydrogen) atoms. The topological polar surface area (TPSA) is 138 Å². The van der Waals surface area contributed by atoms with Crippen LogP contribution < -0.4 is 10.1 Å². The lowest BCUT2D eigenvalue weighted by Gasteiger charge is -2.38. The molecule has 0 saturated carbocycles. The van der Waals surface area contributed by atoms with Gasteiger partial charge in [0.25, 0.3) is 0 Å². The minimum Gasteiger partial charge on any atom is -0.497 e. The summed E-state index contributed by atoms with van der Waals surface area (Å²) in [5.41, 5.74) is 0.389. The molecule has 2 aromatic carbocycles. The van der Waals surface area contributed by atoms with Gasteiger partial charge in [-0.3, -0.25) is 0 Å². The summed E-state index contributed by atoms with van der Waals surface area (Å²) in [5, 5.41) is 23.7. The van der Waals surface area contributed by atoms with E-state index in [-0.39, 0.29) is 36.9 Å². The molecule has 3 atom stereocenters. The lowest BCUT2D eigenvalue weighted by molar-refractivity contribution is 0.0606. The van der Waals surface area contributed by atoms with E-state index in [0.717, 1.165) is 5.56 Å². The number of sulfonamides is 1. The number of rotatable bonds is 16. The van der Waals surface area contributed by atoms with Gasteiger partial charge in [-0.25, -0.2) is 13.2 Å². The molecule has 1 amide bonds. The third-order valence-corrected chi connectivity index (χ3v) is 9.92. The monoisotopic (exact) mass is 601 g/mol. The molecule has 1 aliphatic heterocycles. The van der Waals surface area contributed by atoms with Gasteiger partial charge >= 0.3 is 6.09 Å². The second-order valence-corrected chi connectivity index (χ2v) is 12.7. The van der Waals surface area contributed by atoms with Gasteiger partial charge in [0, 0.05) is 25.9 Å². The predicted molar refractivity (Wildman–Crippen MR) is 158 cm³/mol. The molecule has 1 heterocycles. The maximum Gasteiger partial charge on any atom is 0.407 e. The molecule has 3 rings (SSSR count). The third-order valence-electron chi connectivity index (χ3n) is 8.09. The van der Waals surface area contributed by atoms with Crippen LogP contribution in [-0.4, -0.2) is 75.6 Å². The fourth-order valence-corrected chi connectivity index (χ4v) is 6.75. The zero-order chi connectivity index (χ0) is 30.6. The average molecular weight is 602 g/mol. The highest BCUT2D eigenvalue weighted by molar-refractivity contribution is 7.89. The molecule has 0 spiro atoms. The van der Waals surface area contributed by atoms with Crippen molar-refractivity contribution in [2.45, 2.75) is 75.5 Å². The van der Waals surface area contributed by atoms with Crippen molar-refractivity contribution in [1.29, 1.82) is 5.26 Å². The van der Waals surface area contributed by atoms with E-state index in [4.69, 9.17) is 14.2 Å². The van der Waals surface area contributed by atoms with Crippen LogP contribution in [-0.2, 0) is 25.9 Å². The summed E-state index contributed by atoms with van der Waals surface area (Å²) in [5.74, 6) is 0.518. The highest BCUT2D eigenvalue weighted by Crippen LogP contribution is 2.35. The van der Waals surface area contributed by atoms with Crippen LogP contribution in [0.4, 0.5) is 4.79 Å². The average Bonchev–Trinajstić information content (AvgIpc) is 3.51. The van der Waals surface area contributed by atoms with Crippen molar-refractivity contribution in [3.63, 3.8) is 0 Å². The van der Waals surface area contributed by atoms with Crippen LogP contribution in [0.2, 0.25) is 0 Å². The molecule has 2 N–H and O–H groups in total. The van der Waals surface area contributed by atoms with E-state index in [2.05, 4.69) is 11.4 Å². The van der Waals surface area contributed by atoms with E-state index in [0.29, 0.717) is 44.6 Å². The first kappa shape index (κ1) is 33.3. The number of hydrogen-bond donors (Lipinski definition) is 2. The molecule has 11 heteroatoms. The Morgan fingerprint density at radius 3 is 2.45 bits per heavy atom. The Kier molecular flexibility index (Phi) is 12.6. The lowest BCUT2D eigenvalue weighted by Crippen LogP contribution is -2.52. The van der Waals surface area contributed by atoms with E-state index in [1.807, 2.05) is 44.2 Å². The number of alkyl carbamates (subject to hydrolysis) is 1. The summed E-state index contributed by atoms with van der Waals surface area (Å²) in [4.78, 5) is 12.9. The number of methoxy groups -OCH3 is 1. The summed E-state index contributed by atoms with van der Waals surface area (Å²) in [7, 11) is -2.58. The molecule has 0 bridgehead atoms. The number of carbonyl (C=O) groups excluding carboxylic acids is 1. The normalized spacial score (nSPS) is 16.9. The Morgan fingerprint density at radius 1 is 1.19 bits per heavy atom. The standard InChI is InChI=1S/C31H43N3O7S/c1-4-31(5-2,17-9-18-32)23-34(42(37,38)27-14-12-25(39-3)13-15-27)21-29(35)28(20-24-10-7-6-8-11-24)33-30(36)41-26-16-19-40-22-26/h6-8,10-15,26,28-29,35H,4-5,9,16-17,19-23H2,1-3H3,(H,33,36). The van der Waals surface area contributed by atoms with E-state index < -0.39 is 33.7 Å². The van der Waals surface area contributed by atoms with Gasteiger partial charge in [-0.05, 0) is 60.9 Å². The van der Waals surface area contributed by atoms with E-state index in [9.17, 15) is 23.6 Å². The highest BCUT2D eigenvalue weighted by Gasteiger charge is 2.37. The van der Waals surface area contributed by atoms with Crippen molar-refractivity contribution in [2.24, 2.45) is 5.41 Å². The number of nitriles is 1. The van der Waals surface area contributed by atoms with Crippen molar-refractivity contribution in [3.8, 4) is 11.8 Å². The molecule has 0 aromatic heterocycles. The number of aliphatic hydroxyl groups excluding tert-OH is 1. The Labute approximate surface area is 249 Å². The van der Waals surface area contributed by atoms with Gasteiger partial charge in [-0.2, -0.15) is 9.57 Å². The number of hydrogen-bond acceptors (Lipinski definition) is 8. The van der Waals surface area contributed by atoms with E-state index in [1.165, 1.54) is 23.5 Å². The quantitative estimate of drug-likeness (QED) is 0.291. The predicted octanol–water partition coefficient (Wildman–Crippen LogP) is 4.28. The first-order valence-electron chi connectivity index (χ1n) is 14.4. The van der Waals surface area contributed by atoms with Crippen LogP contribution in [0.5, 0.6) is 5.75 Å². The van der Waals surface area contributed by atoms with Gasteiger partial charge in [0.05, 0.1) is 43.4 Å². The molecule has 3 unspecified atom stereocenters. The van der Waals surface area contributed by atoms with Crippen LogP contribution >= 0.6 is 0 Å². The zero-order valence-corrected chi connectivity index (χ0v) is 25.5. The fourth-order valence-electron chi connectivity index (χ4n) is 5.18. The summed E-state index contributed by atoms with van der Waals surface area (Å²) >= 11 is 0. The fraction of sp³-hybridized carbons (Fsp3) is 0.548. The molecule has 230 valence electrons. The molecule has 1 aliphatic rings. The molecule has 1 saturated heterocycles. The molecule has 2 aromatic rings. The second-order valence-electron chi connectivity index (χ2n) is 10.7. The van der Waals surface area contributed by atoms with Gasteiger partial charge in [0.1, 0.15) is 11.9 Å². The van der Waals surface area contributed by atoms with Crippen LogP contribution in [0.3, 0.4) is 0 Å². The smallest absolute Gasteiger partial charge is 0.407 e. The van der Waals surface area contributed by atoms with Gasteiger partial charge in [-0.15, -0.1) is 0 Å². The molecule has 10 nitrogen and oxygen atoms in total. The third kappa shape index (κ3) is 9.16. The SMILES string of the molecule is CCC(CC)(CCC#N)CN(CC(O)C(Cc1ccccc1)NC(=O)OC1CCOC1)S(=O)(=O)c1ccc(OC)cc1. The van der Waals surface area contributed by atoms with Crippen LogP contribution in [0.15, 0.2) is 59.5 Å².